The van der Waals surface area contributed by atoms with Crippen molar-refractivity contribution in [2.24, 2.45) is 5.92 Å². The number of para-hydroxylation sites is 2. The van der Waals surface area contributed by atoms with Gasteiger partial charge in [0.1, 0.15) is 18.2 Å². The molecule has 1 heterocycles. The second-order valence-electron chi connectivity index (χ2n) is 8.06. The first-order valence-electron chi connectivity index (χ1n) is 10.6. The second kappa shape index (κ2) is 9.09. The molecular weight excluding hydrogens is 398 g/mol. The molecule has 2 aromatic carbocycles. The number of ether oxygens (including phenoxy) is 1. The van der Waals surface area contributed by atoms with Gasteiger partial charge in [-0.2, -0.15) is 0 Å². The lowest BCUT2D eigenvalue weighted by atomic mass is 10.1. The highest BCUT2D eigenvalue weighted by Crippen LogP contribution is 2.28. The number of aryl methyl sites for hydroxylation is 3. The van der Waals surface area contributed by atoms with E-state index in [9.17, 15) is 4.79 Å². The van der Waals surface area contributed by atoms with Crippen LogP contribution < -0.4 is 10.1 Å². The fraction of sp³-hybridized carbons (Fsp3) is 0.417. The monoisotopic (exact) mass is 425 g/mol. The molecule has 0 spiro atoms. The molecule has 0 atom stereocenters. The highest BCUT2D eigenvalue weighted by atomic mass is 35.5. The Hall–Kier alpha value is -2.53. The standard InChI is InChI=1S/C24H28ClN3O2/c1-16-14-19(15-17(2)23(16)25)30-13-12-28-21-7-4-3-6-20(21)27-22(28)8-5-11-26-24(29)18-9-10-18/h3-4,6-7,14-15,18H,5,8-13H2,1-2H3,(H,26,29). The highest BCUT2D eigenvalue weighted by Gasteiger charge is 2.29. The maximum atomic E-state index is 11.8. The van der Waals surface area contributed by atoms with Crippen molar-refractivity contribution in [3.8, 4) is 5.75 Å². The van der Waals surface area contributed by atoms with Crippen molar-refractivity contribution in [1.82, 2.24) is 14.9 Å². The Morgan fingerprint density at radius 1 is 1.23 bits per heavy atom. The van der Waals surface area contributed by atoms with E-state index >= 15 is 0 Å². The minimum absolute atomic E-state index is 0.199. The largest absolute Gasteiger partial charge is 0.492 e. The van der Waals surface area contributed by atoms with Gasteiger partial charge in [0.05, 0.1) is 17.6 Å². The van der Waals surface area contributed by atoms with Gasteiger partial charge in [0.2, 0.25) is 5.91 Å². The number of aromatic nitrogens is 2. The average molecular weight is 426 g/mol. The van der Waals surface area contributed by atoms with Gasteiger partial charge in [-0.15, -0.1) is 0 Å². The Balaban J connectivity index is 1.40. The molecule has 1 aromatic heterocycles. The van der Waals surface area contributed by atoms with Crippen LogP contribution in [-0.4, -0.2) is 28.6 Å². The van der Waals surface area contributed by atoms with Crippen molar-refractivity contribution in [2.75, 3.05) is 13.2 Å². The Morgan fingerprint density at radius 2 is 1.97 bits per heavy atom. The summed E-state index contributed by atoms with van der Waals surface area (Å²) >= 11 is 6.26. The number of benzene rings is 2. The number of amides is 1. The zero-order chi connectivity index (χ0) is 21.1. The predicted molar refractivity (Wildman–Crippen MR) is 120 cm³/mol. The Bertz CT molecular complexity index is 1030. The molecular formula is C24H28ClN3O2. The number of fused-ring (bicyclic) bond motifs is 1. The molecule has 0 aliphatic heterocycles. The average Bonchev–Trinajstić information content (AvgIpc) is 3.52. The normalized spacial score (nSPS) is 13.6. The fourth-order valence-corrected chi connectivity index (χ4v) is 3.87. The predicted octanol–water partition coefficient (Wildman–Crippen LogP) is 4.84. The number of hydrogen-bond donors (Lipinski definition) is 1. The van der Waals surface area contributed by atoms with Crippen LogP contribution in [0.2, 0.25) is 5.02 Å². The number of nitrogens with one attached hydrogen (secondary N) is 1. The SMILES string of the molecule is Cc1cc(OCCn2c(CCCNC(=O)C3CC3)nc3ccccc32)cc(C)c1Cl. The van der Waals surface area contributed by atoms with Gasteiger partial charge in [-0.1, -0.05) is 23.7 Å². The molecule has 30 heavy (non-hydrogen) atoms. The van der Waals surface area contributed by atoms with E-state index in [-0.39, 0.29) is 11.8 Å². The first kappa shape index (κ1) is 20.7. The van der Waals surface area contributed by atoms with Crippen molar-refractivity contribution in [3.63, 3.8) is 0 Å². The Kier molecular flexibility index (Phi) is 6.28. The molecule has 0 radical (unpaired) electrons. The van der Waals surface area contributed by atoms with Crippen LogP contribution >= 0.6 is 11.6 Å². The van der Waals surface area contributed by atoms with E-state index in [1.165, 1.54) is 0 Å². The molecule has 1 saturated carbocycles. The van der Waals surface area contributed by atoms with E-state index in [1.807, 2.05) is 44.2 Å². The molecule has 158 valence electrons. The minimum atomic E-state index is 0.199. The van der Waals surface area contributed by atoms with Gasteiger partial charge >= 0.3 is 0 Å². The number of rotatable bonds is 9. The minimum Gasteiger partial charge on any atom is -0.492 e. The summed E-state index contributed by atoms with van der Waals surface area (Å²) in [6.45, 7) is 5.94. The van der Waals surface area contributed by atoms with Gasteiger partial charge in [-0.3, -0.25) is 4.79 Å². The number of hydrogen-bond acceptors (Lipinski definition) is 3. The van der Waals surface area contributed by atoms with Gasteiger partial charge in [-0.25, -0.2) is 4.98 Å². The summed E-state index contributed by atoms with van der Waals surface area (Å²) in [5.41, 5.74) is 4.15. The molecule has 5 nitrogen and oxygen atoms in total. The maximum absolute atomic E-state index is 11.8. The summed E-state index contributed by atoms with van der Waals surface area (Å²) in [4.78, 5) is 16.6. The lowest BCUT2D eigenvalue weighted by molar-refractivity contribution is -0.122. The fourth-order valence-electron chi connectivity index (χ4n) is 3.76. The summed E-state index contributed by atoms with van der Waals surface area (Å²) in [5.74, 6) is 2.32. The van der Waals surface area contributed by atoms with Gasteiger partial charge < -0.3 is 14.6 Å². The first-order valence-corrected chi connectivity index (χ1v) is 11.0. The second-order valence-corrected chi connectivity index (χ2v) is 8.43. The van der Waals surface area contributed by atoms with Crippen LogP contribution in [0.25, 0.3) is 11.0 Å². The molecule has 0 saturated heterocycles. The van der Waals surface area contributed by atoms with E-state index in [0.717, 1.165) is 64.4 Å². The molecule has 6 heteroatoms. The molecule has 1 amide bonds. The third-order valence-electron chi connectivity index (χ3n) is 5.55. The summed E-state index contributed by atoms with van der Waals surface area (Å²) in [6.07, 6.45) is 3.76. The van der Waals surface area contributed by atoms with E-state index in [2.05, 4.69) is 16.0 Å². The lowest BCUT2D eigenvalue weighted by Gasteiger charge is -2.13. The van der Waals surface area contributed by atoms with E-state index in [0.29, 0.717) is 19.7 Å². The van der Waals surface area contributed by atoms with Crippen molar-refractivity contribution < 1.29 is 9.53 Å². The van der Waals surface area contributed by atoms with Crippen LogP contribution in [0.5, 0.6) is 5.75 Å². The van der Waals surface area contributed by atoms with Crippen molar-refractivity contribution in [1.29, 1.82) is 0 Å². The number of imidazole rings is 1. The van der Waals surface area contributed by atoms with Crippen LogP contribution in [-0.2, 0) is 17.8 Å². The van der Waals surface area contributed by atoms with Gasteiger partial charge in [0.15, 0.2) is 0 Å². The smallest absolute Gasteiger partial charge is 0.223 e. The van der Waals surface area contributed by atoms with Crippen LogP contribution in [0.3, 0.4) is 0 Å². The molecule has 1 N–H and O–H groups in total. The van der Waals surface area contributed by atoms with Crippen LogP contribution in [0.15, 0.2) is 36.4 Å². The maximum Gasteiger partial charge on any atom is 0.223 e. The summed E-state index contributed by atoms with van der Waals surface area (Å²) in [7, 11) is 0. The topological polar surface area (TPSA) is 56.1 Å². The first-order chi connectivity index (χ1) is 14.5. The number of carbonyl (C=O) groups is 1. The third-order valence-corrected chi connectivity index (χ3v) is 6.15. The molecule has 1 aliphatic rings. The van der Waals surface area contributed by atoms with Gasteiger partial charge in [0.25, 0.3) is 0 Å². The molecule has 1 fully saturated rings. The van der Waals surface area contributed by atoms with Gasteiger partial charge in [0, 0.05) is 23.9 Å². The zero-order valence-corrected chi connectivity index (χ0v) is 18.3. The molecule has 1 aliphatic carbocycles. The van der Waals surface area contributed by atoms with Crippen molar-refractivity contribution in [2.45, 2.75) is 46.1 Å². The highest BCUT2D eigenvalue weighted by molar-refractivity contribution is 6.32. The van der Waals surface area contributed by atoms with E-state index < -0.39 is 0 Å². The van der Waals surface area contributed by atoms with Crippen molar-refractivity contribution >= 4 is 28.5 Å². The zero-order valence-electron chi connectivity index (χ0n) is 17.6. The Labute approximate surface area is 182 Å². The van der Waals surface area contributed by atoms with Crippen LogP contribution in [0.4, 0.5) is 0 Å². The van der Waals surface area contributed by atoms with Gasteiger partial charge in [-0.05, 0) is 68.5 Å². The summed E-state index contributed by atoms with van der Waals surface area (Å²) in [5, 5.41) is 3.83. The quantitative estimate of drug-likeness (QED) is 0.499. The number of halogens is 1. The Morgan fingerprint density at radius 3 is 2.70 bits per heavy atom. The van der Waals surface area contributed by atoms with E-state index in [4.69, 9.17) is 21.3 Å². The lowest BCUT2D eigenvalue weighted by Crippen LogP contribution is -2.26. The summed E-state index contributed by atoms with van der Waals surface area (Å²) in [6, 6.07) is 12.1. The molecule has 0 unspecified atom stereocenters. The van der Waals surface area contributed by atoms with Crippen LogP contribution in [0, 0.1) is 19.8 Å². The number of nitrogens with zero attached hydrogens (tertiary/aromatic N) is 2. The van der Waals surface area contributed by atoms with Crippen LogP contribution in [0.1, 0.15) is 36.2 Å². The molecule has 4 rings (SSSR count). The third kappa shape index (κ3) is 4.78. The number of carbonyl (C=O) groups excluding carboxylic acids is 1. The molecule has 3 aromatic rings. The molecule has 0 bridgehead atoms. The summed E-state index contributed by atoms with van der Waals surface area (Å²) < 4.78 is 8.26. The van der Waals surface area contributed by atoms with Crippen molar-refractivity contribution in [3.05, 3.63) is 58.4 Å². The van der Waals surface area contributed by atoms with E-state index in [1.54, 1.807) is 0 Å².